The lowest BCUT2D eigenvalue weighted by Gasteiger charge is -2.39. The zero-order valence-corrected chi connectivity index (χ0v) is 18.0. The van der Waals surface area contributed by atoms with Crippen LogP contribution in [0.15, 0.2) is 24.3 Å². The fraction of sp³-hybridized carbons (Fsp3) is 0.591. The van der Waals surface area contributed by atoms with Crippen molar-refractivity contribution < 1.29 is 37.8 Å². The third kappa shape index (κ3) is 6.94. The number of carboxylic acid groups (broad SMARTS) is 2. The Bertz CT molecular complexity index is 807. The lowest BCUT2D eigenvalue weighted by Crippen LogP contribution is -2.49. The van der Waals surface area contributed by atoms with Crippen LogP contribution in [0.5, 0.6) is 0 Å². The summed E-state index contributed by atoms with van der Waals surface area (Å²) in [6.45, 7) is 4.29. The van der Waals surface area contributed by atoms with E-state index in [1.807, 2.05) is 22.8 Å². The molecule has 1 aromatic rings. The molecule has 0 aromatic heterocycles. The number of aliphatic carboxylic acids is 2. The second-order valence-corrected chi connectivity index (χ2v) is 7.96. The number of amides is 1. The number of alkyl halides is 3. The fourth-order valence-corrected chi connectivity index (χ4v) is 4.36. The molecule has 1 atom stereocenters. The van der Waals surface area contributed by atoms with E-state index in [-0.39, 0.29) is 24.4 Å². The molecule has 1 heterocycles. The van der Waals surface area contributed by atoms with Crippen molar-refractivity contribution in [2.24, 2.45) is 0 Å². The highest BCUT2D eigenvalue weighted by Crippen LogP contribution is 2.33. The van der Waals surface area contributed by atoms with Crippen molar-refractivity contribution in [2.45, 2.75) is 57.2 Å². The quantitative estimate of drug-likeness (QED) is 0.704. The van der Waals surface area contributed by atoms with E-state index in [4.69, 9.17) is 15.0 Å². The topological polar surface area (TPSA) is 98.2 Å². The average molecular weight is 458 g/mol. The van der Waals surface area contributed by atoms with Gasteiger partial charge in [0.05, 0.1) is 12.5 Å². The summed E-state index contributed by atoms with van der Waals surface area (Å²) in [4.78, 5) is 37.0. The van der Waals surface area contributed by atoms with E-state index >= 15 is 0 Å². The maximum absolute atomic E-state index is 13.1. The van der Waals surface area contributed by atoms with Crippen molar-refractivity contribution in [2.75, 3.05) is 26.2 Å². The fourth-order valence-electron chi connectivity index (χ4n) is 4.36. The van der Waals surface area contributed by atoms with Crippen LogP contribution >= 0.6 is 0 Å². The molecule has 2 N–H and O–H groups in total. The molecule has 3 rings (SSSR count). The normalized spacial score (nSPS) is 19.0. The predicted octanol–water partition coefficient (Wildman–Crippen LogP) is 3.14. The van der Waals surface area contributed by atoms with E-state index in [0.29, 0.717) is 0 Å². The maximum atomic E-state index is 13.1. The number of carbonyl (C=O) groups is 3. The van der Waals surface area contributed by atoms with Gasteiger partial charge in [0.15, 0.2) is 0 Å². The second-order valence-electron chi connectivity index (χ2n) is 7.96. The number of likely N-dealkylation sites (tertiary alicyclic amines) is 1. The van der Waals surface area contributed by atoms with E-state index in [1.54, 1.807) is 0 Å². The predicted molar refractivity (Wildman–Crippen MR) is 110 cm³/mol. The van der Waals surface area contributed by atoms with Gasteiger partial charge in [-0.2, -0.15) is 13.2 Å². The number of carboxylic acids is 2. The molecule has 0 spiro atoms. The van der Waals surface area contributed by atoms with Crippen molar-refractivity contribution in [1.82, 2.24) is 9.80 Å². The zero-order valence-electron chi connectivity index (χ0n) is 18.0. The van der Waals surface area contributed by atoms with Crippen LogP contribution in [0.25, 0.3) is 0 Å². The molecule has 1 amide bonds. The number of benzene rings is 1. The number of piperidine rings is 1. The van der Waals surface area contributed by atoms with Gasteiger partial charge in [0.1, 0.15) is 0 Å². The van der Waals surface area contributed by atoms with Gasteiger partial charge >= 0.3 is 18.1 Å². The minimum Gasteiger partial charge on any atom is -0.480 e. The summed E-state index contributed by atoms with van der Waals surface area (Å²) in [5, 5.41) is 16.2. The van der Waals surface area contributed by atoms with E-state index in [1.165, 1.54) is 11.1 Å². The van der Waals surface area contributed by atoms with Crippen molar-refractivity contribution in [3.05, 3.63) is 35.4 Å². The first-order chi connectivity index (χ1) is 15.0. The number of halogens is 3. The van der Waals surface area contributed by atoms with Crippen molar-refractivity contribution in [3.8, 4) is 0 Å². The van der Waals surface area contributed by atoms with Crippen LogP contribution < -0.4 is 0 Å². The second kappa shape index (κ2) is 11.3. The number of likely N-dealkylation sites (N-methyl/N-ethyl adjacent to an activating group) is 1. The van der Waals surface area contributed by atoms with Gasteiger partial charge in [0.2, 0.25) is 5.91 Å². The first kappa shape index (κ1) is 25.6. The maximum Gasteiger partial charge on any atom is 0.490 e. The molecule has 1 fully saturated rings. The van der Waals surface area contributed by atoms with Crippen LogP contribution in [-0.4, -0.2) is 76.3 Å². The minimum absolute atomic E-state index is 0.00259. The summed E-state index contributed by atoms with van der Waals surface area (Å²) in [7, 11) is 0. The first-order valence-corrected chi connectivity index (χ1v) is 10.7. The molecule has 0 bridgehead atoms. The number of hydrogen-bond donors (Lipinski definition) is 2. The van der Waals surface area contributed by atoms with Gasteiger partial charge in [-0.3, -0.25) is 14.5 Å². The third-order valence-electron chi connectivity index (χ3n) is 5.95. The molecular weight excluding hydrogens is 429 g/mol. The van der Waals surface area contributed by atoms with Crippen molar-refractivity contribution in [1.29, 1.82) is 0 Å². The molecule has 1 aliphatic heterocycles. The Labute approximate surface area is 184 Å². The Balaban J connectivity index is 0.000000451. The molecule has 10 heteroatoms. The SMILES string of the molecule is CCN(CC(=O)O)C1CCN(C(=O)C2CCCc3ccccc32)CC1.O=C(O)C(F)(F)F. The van der Waals surface area contributed by atoms with Gasteiger partial charge in [0.25, 0.3) is 0 Å². The molecule has 0 saturated carbocycles. The number of rotatable bonds is 5. The molecule has 1 aliphatic carbocycles. The van der Waals surface area contributed by atoms with Gasteiger partial charge in [-0.25, -0.2) is 4.79 Å². The van der Waals surface area contributed by atoms with Gasteiger partial charge in [-0.1, -0.05) is 31.2 Å². The highest BCUT2D eigenvalue weighted by molar-refractivity contribution is 5.84. The highest BCUT2D eigenvalue weighted by atomic mass is 19.4. The monoisotopic (exact) mass is 458 g/mol. The van der Waals surface area contributed by atoms with E-state index < -0.39 is 18.1 Å². The smallest absolute Gasteiger partial charge is 0.480 e. The summed E-state index contributed by atoms with van der Waals surface area (Å²) in [6, 6.07) is 8.60. The molecule has 0 radical (unpaired) electrons. The standard InChI is InChI=1S/C20H28N2O3.C2HF3O2/c1-2-21(14-19(23)24)16-10-12-22(13-11-16)20(25)18-9-5-7-15-6-3-4-8-17(15)18;3-2(4,5)1(6)7/h3-4,6,8,16,18H,2,5,7,9-14H2,1H3,(H,23,24);(H,6,7). The van der Waals surface area contributed by atoms with Gasteiger partial charge in [-0.15, -0.1) is 0 Å². The van der Waals surface area contributed by atoms with E-state index in [0.717, 1.165) is 51.7 Å². The van der Waals surface area contributed by atoms with Gasteiger partial charge in [-0.05, 0) is 49.8 Å². The van der Waals surface area contributed by atoms with Crippen LogP contribution in [0.4, 0.5) is 13.2 Å². The Morgan fingerprint density at radius 3 is 2.22 bits per heavy atom. The van der Waals surface area contributed by atoms with Crippen LogP contribution in [-0.2, 0) is 20.8 Å². The molecule has 1 unspecified atom stereocenters. The van der Waals surface area contributed by atoms with Crippen LogP contribution in [0, 0.1) is 0 Å². The molecule has 1 saturated heterocycles. The minimum atomic E-state index is -5.08. The summed E-state index contributed by atoms with van der Waals surface area (Å²) >= 11 is 0. The van der Waals surface area contributed by atoms with Crippen molar-refractivity contribution in [3.63, 3.8) is 0 Å². The first-order valence-electron chi connectivity index (χ1n) is 10.7. The van der Waals surface area contributed by atoms with Crippen molar-refractivity contribution >= 4 is 17.8 Å². The third-order valence-corrected chi connectivity index (χ3v) is 5.95. The summed E-state index contributed by atoms with van der Waals surface area (Å²) < 4.78 is 31.7. The molecule has 32 heavy (non-hydrogen) atoms. The summed E-state index contributed by atoms with van der Waals surface area (Å²) in [5.74, 6) is -3.28. The Hall–Kier alpha value is -2.62. The molecule has 2 aliphatic rings. The van der Waals surface area contributed by atoms with Gasteiger partial charge < -0.3 is 15.1 Å². The number of fused-ring (bicyclic) bond motifs is 1. The van der Waals surface area contributed by atoms with E-state index in [2.05, 4.69) is 18.2 Å². The lowest BCUT2D eigenvalue weighted by atomic mass is 9.81. The highest BCUT2D eigenvalue weighted by Gasteiger charge is 2.38. The van der Waals surface area contributed by atoms with Gasteiger partial charge in [0, 0.05) is 19.1 Å². The molecular formula is C22H29F3N2O5. The molecule has 1 aromatic carbocycles. The lowest BCUT2D eigenvalue weighted by molar-refractivity contribution is -0.192. The van der Waals surface area contributed by atoms with Crippen LogP contribution in [0.3, 0.4) is 0 Å². The summed E-state index contributed by atoms with van der Waals surface area (Å²) in [5.41, 5.74) is 2.53. The number of aryl methyl sites for hydroxylation is 1. The van der Waals surface area contributed by atoms with Crippen LogP contribution in [0.1, 0.15) is 49.7 Å². The number of carbonyl (C=O) groups excluding carboxylic acids is 1. The van der Waals surface area contributed by atoms with E-state index in [9.17, 15) is 22.8 Å². The largest absolute Gasteiger partial charge is 0.490 e. The Morgan fingerprint density at radius 1 is 1.09 bits per heavy atom. The summed E-state index contributed by atoms with van der Waals surface area (Å²) in [6.07, 6.45) is -0.271. The molecule has 7 nitrogen and oxygen atoms in total. The Kier molecular flexibility index (Phi) is 9.06. The molecule has 178 valence electrons. The number of nitrogens with zero attached hydrogens (tertiary/aromatic N) is 2. The Morgan fingerprint density at radius 2 is 1.69 bits per heavy atom. The number of hydrogen-bond acceptors (Lipinski definition) is 4. The zero-order chi connectivity index (χ0) is 23.9. The average Bonchev–Trinajstić information content (AvgIpc) is 2.76. The van der Waals surface area contributed by atoms with Crippen LogP contribution in [0.2, 0.25) is 0 Å².